The lowest BCUT2D eigenvalue weighted by molar-refractivity contribution is 0.0949. The zero-order valence-electron chi connectivity index (χ0n) is 21.6. The summed E-state index contributed by atoms with van der Waals surface area (Å²) in [4.78, 5) is 33.1. The van der Waals surface area contributed by atoms with Crippen molar-refractivity contribution >= 4 is 38.7 Å². The van der Waals surface area contributed by atoms with E-state index in [1.165, 1.54) is 41.7 Å². The number of sulfone groups is 1. The Morgan fingerprint density at radius 1 is 1.12 bits per heavy atom. The van der Waals surface area contributed by atoms with E-state index in [4.69, 9.17) is 4.74 Å². The Hall–Kier alpha value is -4.06. The van der Waals surface area contributed by atoms with Crippen LogP contribution in [0.25, 0.3) is 10.6 Å². The number of aromatic nitrogens is 1. The average Bonchev–Trinajstić information content (AvgIpc) is 3.59. The molecule has 0 radical (unpaired) electrons. The number of likely N-dealkylation sites (N-methyl/N-ethyl adjacent to an activating group) is 1. The van der Waals surface area contributed by atoms with E-state index < -0.39 is 21.7 Å². The summed E-state index contributed by atoms with van der Waals surface area (Å²) in [5.74, 6) is -0.106. The van der Waals surface area contributed by atoms with Crippen LogP contribution in [0.4, 0.5) is 5.69 Å². The second kappa shape index (κ2) is 10.5. The van der Waals surface area contributed by atoms with Gasteiger partial charge in [0.15, 0.2) is 0 Å². The fraction of sp³-hybridized carbons (Fsp3) is 0.207. The van der Waals surface area contributed by atoms with Crippen LogP contribution in [0.1, 0.15) is 32.0 Å². The number of ether oxygens (including phenoxy) is 1. The highest BCUT2D eigenvalue weighted by atomic mass is 32.2. The molecule has 0 saturated carbocycles. The van der Waals surface area contributed by atoms with Gasteiger partial charge in [0, 0.05) is 35.3 Å². The third kappa shape index (κ3) is 5.10. The Morgan fingerprint density at radius 3 is 2.70 bits per heavy atom. The number of carbonyl (C=O) groups is 2. The maximum absolute atomic E-state index is 13.2. The van der Waals surface area contributed by atoms with Gasteiger partial charge in [0.1, 0.15) is 16.9 Å². The van der Waals surface area contributed by atoms with Crippen LogP contribution >= 0.6 is 11.3 Å². The highest BCUT2D eigenvalue weighted by Crippen LogP contribution is 2.34. The zero-order valence-corrected chi connectivity index (χ0v) is 23.2. The molecule has 1 saturated heterocycles. The normalized spacial score (nSPS) is 17.8. The molecule has 0 spiro atoms. The molecule has 9 nitrogen and oxygen atoms in total. The number of amides is 2. The van der Waals surface area contributed by atoms with E-state index in [9.17, 15) is 18.0 Å². The molecule has 2 aliphatic rings. The molecule has 6 rings (SSSR count). The van der Waals surface area contributed by atoms with Crippen LogP contribution in [-0.2, 0) is 16.4 Å². The molecule has 2 aliphatic heterocycles. The SMILES string of the molecule is CN1CCC(Oc2ccc(-c3ncc(CNC(=O)c4ccc5c(c4)NC(=O)c4ccccc4S5(=O)=O)s3)cc2)C1. The number of fused-ring (bicyclic) bond motifs is 2. The van der Waals surface area contributed by atoms with Gasteiger partial charge in [-0.3, -0.25) is 9.59 Å². The highest BCUT2D eigenvalue weighted by molar-refractivity contribution is 7.91. The first-order chi connectivity index (χ1) is 19.3. The van der Waals surface area contributed by atoms with Crippen LogP contribution in [0.15, 0.2) is 82.7 Å². The maximum Gasteiger partial charge on any atom is 0.257 e. The monoisotopic (exact) mass is 574 g/mol. The summed E-state index contributed by atoms with van der Waals surface area (Å²) in [6, 6.07) is 18.1. The van der Waals surface area contributed by atoms with E-state index >= 15 is 0 Å². The van der Waals surface area contributed by atoms with Gasteiger partial charge in [-0.2, -0.15) is 0 Å². The van der Waals surface area contributed by atoms with Crippen molar-refractivity contribution in [3.63, 3.8) is 0 Å². The number of benzene rings is 3. The highest BCUT2D eigenvalue weighted by Gasteiger charge is 2.31. The second-order valence-electron chi connectivity index (χ2n) is 9.79. The molecule has 204 valence electrons. The molecule has 2 N–H and O–H groups in total. The number of nitrogens with one attached hydrogen (secondary N) is 2. The summed E-state index contributed by atoms with van der Waals surface area (Å²) in [5, 5.41) is 6.31. The Labute approximate surface area is 235 Å². The maximum atomic E-state index is 13.2. The molecule has 0 bridgehead atoms. The average molecular weight is 575 g/mol. The van der Waals surface area contributed by atoms with Gasteiger partial charge in [-0.05, 0) is 68.1 Å². The van der Waals surface area contributed by atoms with Crippen molar-refractivity contribution < 1.29 is 22.7 Å². The molecule has 1 atom stereocenters. The quantitative estimate of drug-likeness (QED) is 0.354. The molecule has 1 aromatic heterocycles. The minimum atomic E-state index is -3.93. The predicted molar refractivity (Wildman–Crippen MR) is 152 cm³/mol. The first-order valence-electron chi connectivity index (χ1n) is 12.8. The lowest BCUT2D eigenvalue weighted by Crippen LogP contribution is -2.22. The first kappa shape index (κ1) is 26.2. The molecule has 3 aromatic carbocycles. The number of anilines is 1. The summed E-state index contributed by atoms with van der Waals surface area (Å²) in [6.07, 6.45) is 2.95. The van der Waals surface area contributed by atoms with Crippen LogP contribution in [0.5, 0.6) is 5.75 Å². The Kier molecular flexibility index (Phi) is 6.87. The van der Waals surface area contributed by atoms with Gasteiger partial charge < -0.3 is 20.3 Å². The third-order valence-electron chi connectivity index (χ3n) is 6.93. The van der Waals surface area contributed by atoms with Gasteiger partial charge >= 0.3 is 0 Å². The molecule has 4 aromatic rings. The van der Waals surface area contributed by atoms with Crippen molar-refractivity contribution in [2.75, 3.05) is 25.5 Å². The fourth-order valence-electron chi connectivity index (χ4n) is 4.85. The molecule has 2 amide bonds. The van der Waals surface area contributed by atoms with E-state index in [0.29, 0.717) is 0 Å². The van der Waals surface area contributed by atoms with Gasteiger partial charge in [-0.25, -0.2) is 13.4 Å². The van der Waals surface area contributed by atoms with Crippen molar-refractivity contribution in [3.8, 4) is 16.3 Å². The lowest BCUT2D eigenvalue weighted by atomic mass is 10.1. The molecule has 11 heteroatoms. The molecular formula is C29H26N4O5S2. The Balaban J connectivity index is 1.12. The van der Waals surface area contributed by atoms with E-state index in [1.54, 1.807) is 18.3 Å². The van der Waals surface area contributed by atoms with Gasteiger partial charge in [0.25, 0.3) is 11.8 Å². The van der Waals surface area contributed by atoms with Crippen molar-refractivity contribution in [3.05, 3.63) is 88.9 Å². The molecule has 3 heterocycles. The lowest BCUT2D eigenvalue weighted by Gasteiger charge is -2.13. The summed E-state index contributed by atoms with van der Waals surface area (Å²) >= 11 is 1.47. The Bertz CT molecular complexity index is 1720. The number of carbonyl (C=O) groups excluding carboxylic acids is 2. The van der Waals surface area contributed by atoms with Crippen molar-refractivity contribution in [2.45, 2.75) is 28.9 Å². The van der Waals surface area contributed by atoms with Gasteiger partial charge in [-0.15, -0.1) is 11.3 Å². The smallest absolute Gasteiger partial charge is 0.257 e. The molecule has 1 fully saturated rings. The van der Waals surface area contributed by atoms with Crippen LogP contribution in [0.3, 0.4) is 0 Å². The van der Waals surface area contributed by atoms with Gasteiger partial charge in [-0.1, -0.05) is 12.1 Å². The number of likely N-dealkylation sites (tertiary alicyclic amines) is 1. The Morgan fingerprint density at radius 2 is 1.93 bits per heavy atom. The van der Waals surface area contributed by atoms with E-state index in [2.05, 4.69) is 27.6 Å². The van der Waals surface area contributed by atoms with Crippen molar-refractivity contribution in [2.24, 2.45) is 0 Å². The van der Waals surface area contributed by atoms with Crippen LogP contribution in [0.2, 0.25) is 0 Å². The van der Waals surface area contributed by atoms with E-state index in [0.717, 1.165) is 40.7 Å². The fourth-order valence-corrected chi connectivity index (χ4v) is 7.30. The number of rotatable bonds is 6. The summed E-state index contributed by atoms with van der Waals surface area (Å²) in [6.45, 7) is 2.22. The van der Waals surface area contributed by atoms with Crippen LogP contribution < -0.4 is 15.4 Å². The van der Waals surface area contributed by atoms with E-state index in [1.807, 2.05) is 24.3 Å². The van der Waals surface area contributed by atoms with E-state index in [-0.39, 0.29) is 39.3 Å². The topological polar surface area (TPSA) is 118 Å². The molecule has 0 aliphatic carbocycles. The third-order valence-corrected chi connectivity index (χ3v) is 9.85. The standard InChI is InChI=1S/C29H26N4O5S2/c1-33-13-12-21(17-33)38-20-9-6-18(7-10-20)29-31-16-22(39-29)15-30-27(34)19-8-11-26-24(14-19)32-28(35)23-4-2-3-5-25(23)40(26,36)37/h2-11,14,16,21H,12-13,15,17H2,1H3,(H,30,34)(H,32,35). The number of hydrogen-bond donors (Lipinski definition) is 2. The minimum absolute atomic E-state index is 0.0542. The summed E-state index contributed by atoms with van der Waals surface area (Å²) in [7, 11) is -1.84. The molecular weight excluding hydrogens is 548 g/mol. The molecule has 1 unspecified atom stereocenters. The number of nitrogens with zero attached hydrogens (tertiary/aromatic N) is 2. The first-order valence-corrected chi connectivity index (χ1v) is 15.1. The summed E-state index contributed by atoms with van der Waals surface area (Å²) in [5.41, 5.74) is 1.33. The van der Waals surface area contributed by atoms with Crippen molar-refractivity contribution in [1.82, 2.24) is 15.2 Å². The largest absolute Gasteiger partial charge is 0.489 e. The predicted octanol–water partition coefficient (Wildman–Crippen LogP) is 4.22. The summed E-state index contributed by atoms with van der Waals surface area (Å²) < 4.78 is 32.4. The van der Waals surface area contributed by atoms with Crippen molar-refractivity contribution in [1.29, 1.82) is 0 Å². The number of hydrogen-bond acceptors (Lipinski definition) is 8. The number of thiazole rings is 1. The van der Waals surface area contributed by atoms with Gasteiger partial charge in [0.2, 0.25) is 9.84 Å². The second-order valence-corrected chi connectivity index (χ2v) is 12.8. The zero-order chi connectivity index (χ0) is 27.9. The van der Waals surface area contributed by atoms with Gasteiger partial charge in [0.05, 0.1) is 27.6 Å². The molecule has 40 heavy (non-hydrogen) atoms. The van der Waals surface area contributed by atoms with Crippen LogP contribution in [-0.4, -0.2) is 56.4 Å². The minimum Gasteiger partial charge on any atom is -0.489 e. The van der Waals surface area contributed by atoms with Crippen LogP contribution in [0, 0.1) is 0 Å².